The molecule has 2 heterocycles. The summed E-state index contributed by atoms with van der Waals surface area (Å²) in [6, 6.07) is 11.0. The van der Waals surface area contributed by atoms with Crippen molar-refractivity contribution in [3.8, 4) is 0 Å². The number of esters is 1. The number of benzene rings is 3. The molecule has 0 bridgehead atoms. The number of anilines is 1. The third kappa shape index (κ3) is 4.75. The molecule has 1 amide bonds. The van der Waals surface area contributed by atoms with Crippen molar-refractivity contribution in [1.29, 1.82) is 0 Å². The second-order valence-electron chi connectivity index (χ2n) is 11.4. The highest BCUT2D eigenvalue weighted by molar-refractivity contribution is 6.31. The summed E-state index contributed by atoms with van der Waals surface area (Å²) in [6.07, 6.45) is 1.43. The molecule has 1 spiro atoms. The number of nitro groups is 1. The van der Waals surface area contributed by atoms with Crippen molar-refractivity contribution < 1.29 is 28.4 Å². The van der Waals surface area contributed by atoms with Gasteiger partial charge in [-0.1, -0.05) is 41.4 Å². The number of carbonyl (C=O) groups excluding carboxylic acids is 3. The van der Waals surface area contributed by atoms with E-state index in [0.29, 0.717) is 22.8 Å². The highest BCUT2D eigenvalue weighted by Gasteiger charge is 2.67. The molecule has 0 radical (unpaired) electrons. The van der Waals surface area contributed by atoms with Gasteiger partial charge in [-0.15, -0.1) is 0 Å². The predicted octanol–water partition coefficient (Wildman–Crippen LogP) is 5.45. The number of amides is 1. The number of carbonyl (C=O) groups is 3. The highest BCUT2D eigenvalue weighted by atomic mass is 35.5. The van der Waals surface area contributed by atoms with E-state index < -0.39 is 57.6 Å². The van der Waals surface area contributed by atoms with Crippen LogP contribution in [0.25, 0.3) is 0 Å². The summed E-state index contributed by atoms with van der Waals surface area (Å²) in [5.74, 6) is -3.43. The zero-order chi connectivity index (χ0) is 31.5. The lowest BCUT2D eigenvalue weighted by Gasteiger charge is -2.39. The minimum absolute atomic E-state index is 0.0386. The first-order valence-electron chi connectivity index (χ1n) is 14.0. The monoisotopic (exact) mass is 640 g/mol. The van der Waals surface area contributed by atoms with Crippen molar-refractivity contribution >= 4 is 52.2 Å². The maximum absolute atomic E-state index is 15.8. The first kappa shape index (κ1) is 30.1. The van der Waals surface area contributed by atoms with Gasteiger partial charge in [0.05, 0.1) is 28.2 Å². The third-order valence-electron chi connectivity index (χ3n) is 8.90. The van der Waals surface area contributed by atoms with Crippen LogP contribution in [0.1, 0.15) is 57.0 Å². The van der Waals surface area contributed by atoms with Gasteiger partial charge >= 0.3 is 5.97 Å². The summed E-state index contributed by atoms with van der Waals surface area (Å²) >= 11 is 12.5. The number of fused-ring (bicyclic) bond motifs is 2. The Morgan fingerprint density at radius 3 is 2.61 bits per heavy atom. The van der Waals surface area contributed by atoms with E-state index in [-0.39, 0.29) is 34.1 Å². The van der Waals surface area contributed by atoms with Crippen LogP contribution in [0.15, 0.2) is 54.6 Å². The van der Waals surface area contributed by atoms with Crippen molar-refractivity contribution in [2.24, 2.45) is 11.7 Å². The summed E-state index contributed by atoms with van der Waals surface area (Å²) in [5, 5.41) is 15.0. The molecule has 0 aromatic heterocycles. The molecule has 4 atom stereocenters. The lowest BCUT2D eigenvalue weighted by molar-refractivity contribution is -0.385. The van der Waals surface area contributed by atoms with E-state index in [1.165, 1.54) is 18.2 Å². The number of nitrogens with zero attached hydrogens (tertiary/aromatic N) is 2. The van der Waals surface area contributed by atoms with Crippen LogP contribution in [0.5, 0.6) is 0 Å². The lowest BCUT2D eigenvalue weighted by Crippen LogP contribution is -2.53. The van der Waals surface area contributed by atoms with E-state index in [2.05, 4.69) is 5.32 Å². The van der Waals surface area contributed by atoms with Gasteiger partial charge in [0, 0.05) is 53.3 Å². The Balaban J connectivity index is 1.53. The molecule has 3 aromatic rings. The van der Waals surface area contributed by atoms with Gasteiger partial charge in [0.25, 0.3) is 5.69 Å². The van der Waals surface area contributed by atoms with Crippen LogP contribution in [0, 0.1) is 21.8 Å². The van der Waals surface area contributed by atoms with E-state index in [0.717, 1.165) is 32.1 Å². The molecule has 228 valence electrons. The van der Waals surface area contributed by atoms with Crippen molar-refractivity contribution in [3.63, 3.8) is 0 Å². The van der Waals surface area contributed by atoms with Crippen molar-refractivity contribution in [3.05, 3.63) is 103 Å². The smallest absolute Gasteiger partial charge is 0.337 e. The Bertz CT molecular complexity index is 1730. The van der Waals surface area contributed by atoms with E-state index >= 15 is 4.39 Å². The van der Waals surface area contributed by atoms with E-state index in [4.69, 9.17) is 33.7 Å². The summed E-state index contributed by atoms with van der Waals surface area (Å²) in [5.41, 5.74) is 5.68. The SMILES string of the molecule is COC(=O)c1ccc([N+](=O)[O-])c(C(=O)C[C@H]2[C@@H](N)[C@H](c3cccc(Cl)c3F)[C@]3(C(=O)Nc4cc(Cl)ccc43)N2CC2CC2)c1. The first-order chi connectivity index (χ1) is 21.0. The molecule has 3 aromatic carbocycles. The van der Waals surface area contributed by atoms with E-state index in [1.807, 2.05) is 4.90 Å². The first-order valence-corrected chi connectivity index (χ1v) is 14.7. The third-order valence-corrected chi connectivity index (χ3v) is 9.42. The van der Waals surface area contributed by atoms with Crippen LogP contribution in [-0.4, -0.2) is 53.2 Å². The van der Waals surface area contributed by atoms with Crippen molar-refractivity contribution in [2.45, 2.75) is 42.8 Å². The number of methoxy groups -OCH3 is 1. The molecule has 2 aliphatic heterocycles. The summed E-state index contributed by atoms with van der Waals surface area (Å²) in [6.45, 7) is 0.365. The van der Waals surface area contributed by atoms with Crippen LogP contribution in [-0.2, 0) is 15.1 Å². The normalized spacial score (nSPS) is 24.3. The Hall–Kier alpha value is -3.90. The van der Waals surface area contributed by atoms with Gasteiger partial charge < -0.3 is 15.8 Å². The molecule has 1 aliphatic carbocycles. The van der Waals surface area contributed by atoms with Crippen LogP contribution in [0.4, 0.5) is 15.8 Å². The molecular formula is C31H27Cl2FN4O6. The average molecular weight is 641 g/mol. The molecular weight excluding hydrogens is 614 g/mol. The van der Waals surface area contributed by atoms with Gasteiger partial charge in [0.15, 0.2) is 5.78 Å². The Kier molecular flexibility index (Phi) is 7.69. The number of rotatable bonds is 8. The number of nitrogens with two attached hydrogens (primary N) is 1. The molecule has 2 fully saturated rings. The van der Waals surface area contributed by atoms with Crippen LogP contribution < -0.4 is 11.1 Å². The maximum Gasteiger partial charge on any atom is 0.337 e. The van der Waals surface area contributed by atoms with Crippen molar-refractivity contribution in [1.82, 2.24) is 4.90 Å². The van der Waals surface area contributed by atoms with Gasteiger partial charge in [0.1, 0.15) is 11.4 Å². The Morgan fingerprint density at radius 1 is 1.18 bits per heavy atom. The zero-order valence-electron chi connectivity index (χ0n) is 23.4. The summed E-state index contributed by atoms with van der Waals surface area (Å²) in [4.78, 5) is 53.5. The molecule has 3 aliphatic rings. The maximum atomic E-state index is 15.8. The molecule has 44 heavy (non-hydrogen) atoms. The molecule has 3 N–H and O–H groups in total. The quantitative estimate of drug-likeness (QED) is 0.143. The van der Waals surface area contributed by atoms with Gasteiger partial charge in [-0.2, -0.15) is 0 Å². The molecule has 0 unspecified atom stereocenters. The lowest BCUT2D eigenvalue weighted by atomic mass is 9.73. The Morgan fingerprint density at radius 2 is 1.93 bits per heavy atom. The van der Waals surface area contributed by atoms with Gasteiger partial charge in [-0.25, -0.2) is 9.18 Å². The minimum atomic E-state index is -1.54. The number of ether oxygens (including phenoxy) is 1. The molecule has 1 saturated carbocycles. The van der Waals surface area contributed by atoms with Crippen LogP contribution in [0.3, 0.4) is 0 Å². The predicted molar refractivity (Wildman–Crippen MR) is 160 cm³/mol. The fraction of sp³-hybridized carbons (Fsp3) is 0.323. The number of ketones is 1. The van der Waals surface area contributed by atoms with Gasteiger partial charge in [-0.3, -0.25) is 24.6 Å². The molecule has 6 rings (SSSR count). The zero-order valence-corrected chi connectivity index (χ0v) is 24.9. The molecule has 10 nitrogen and oxygen atoms in total. The number of halogens is 3. The van der Waals surface area contributed by atoms with E-state index in [1.54, 1.807) is 24.3 Å². The fourth-order valence-electron chi connectivity index (χ4n) is 6.80. The van der Waals surface area contributed by atoms with Crippen LogP contribution >= 0.6 is 23.2 Å². The van der Waals surface area contributed by atoms with Gasteiger partial charge in [0.2, 0.25) is 5.91 Å². The number of hydrogen-bond donors (Lipinski definition) is 2. The second kappa shape index (κ2) is 11.2. The minimum Gasteiger partial charge on any atom is -0.465 e. The Labute approximate surface area is 261 Å². The number of likely N-dealkylation sites (tertiary alicyclic amines) is 1. The summed E-state index contributed by atoms with van der Waals surface area (Å²) in [7, 11) is 1.16. The van der Waals surface area contributed by atoms with E-state index in [9.17, 15) is 24.5 Å². The van der Waals surface area contributed by atoms with Crippen molar-refractivity contribution in [2.75, 3.05) is 19.0 Å². The second-order valence-corrected chi connectivity index (χ2v) is 12.2. The number of nitro benzene ring substituents is 1. The average Bonchev–Trinajstić information content (AvgIpc) is 3.73. The van der Waals surface area contributed by atoms with Crippen LogP contribution in [0.2, 0.25) is 10.0 Å². The number of nitrogens with one attached hydrogen (secondary N) is 1. The number of hydrogen-bond acceptors (Lipinski definition) is 8. The molecule has 13 heteroatoms. The largest absolute Gasteiger partial charge is 0.465 e. The summed E-state index contributed by atoms with van der Waals surface area (Å²) < 4.78 is 20.6. The highest BCUT2D eigenvalue weighted by Crippen LogP contribution is 2.58. The standard InChI is InChI=1S/C31H27Cl2FN4O6/c1-44-29(40)16-7-10-23(38(42)43)19(11-16)25(39)13-24-28(35)26(18-3-2-4-21(33)27(18)34)31(37(24)14-15-5-6-15)20-9-8-17(32)12-22(20)36-30(31)41/h2-4,7-12,15,24,26,28H,5-6,13-14,35H2,1H3,(H,36,41)/t24-,26-,28+,31+/m0/s1. The van der Waals surface area contributed by atoms with Gasteiger partial charge in [-0.05, 0) is 54.7 Å². The number of Topliss-reactive ketones (excluding diaryl/α,β-unsaturated/α-hetero) is 1. The fourth-order valence-corrected chi connectivity index (χ4v) is 7.15. The topological polar surface area (TPSA) is 145 Å². The molecule has 1 saturated heterocycles.